The number of thiazole rings is 1. The first-order chi connectivity index (χ1) is 22.0. The number of oxime groups is 1. The van der Waals surface area contributed by atoms with E-state index in [2.05, 4.69) is 34.2 Å². The number of fused-ring (bicyclic) bond motifs is 1. The van der Waals surface area contributed by atoms with E-state index in [9.17, 15) is 36.0 Å². The van der Waals surface area contributed by atoms with Crippen molar-refractivity contribution in [1.82, 2.24) is 20.3 Å². The molecule has 47 heavy (non-hydrogen) atoms. The quantitative estimate of drug-likeness (QED) is 0.0787. The first kappa shape index (κ1) is 35.1. The summed E-state index contributed by atoms with van der Waals surface area (Å²) in [6, 6.07) is 5.68. The average Bonchev–Trinajstić information content (AvgIpc) is 3.43. The van der Waals surface area contributed by atoms with Crippen LogP contribution in [-0.2, 0) is 38.1 Å². The van der Waals surface area contributed by atoms with Gasteiger partial charge in [-0.2, -0.15) is 26.7 Å². The number of halogens is 3. The lowest BCUT2D eigenvalue weighted by molar-refractivity contribution is -0.221. The summed E-state index contributed by atoms with van der Waals surface area (Å²) in [5.41, 5.74) is 9.13. The van der Waals surface area contributed by atoms with Crippen LogP contribution in [0.2, 0.25) is 0 Å². The average molecular weight is 705 g/mol. The minimum Gasteiger partial charge on any atom is -0.490 e. The zero-order chi connectivity index (χ0) is 34.6. The number of carbonyl (C=O) groups excluding carboxylic acids is 3. The van der Waals surface area contributed by atoms with Crippen LogP contribution in [0.15, 0.2) is 41.0 Å². The molecule has 0 saturated carbocycles. The minimum atomic E-state index is -5.66. The van der Waals surface area contributed by atoms with Gasteiger partial charge in [0, 0.05) is 30.1 Å². The molecule has 2 aromatic heterocycles. The molecule has 0 bridgehead atoms. The van der Waals surface area contributed by atoms with Crippen LogP contribution in [0.25, 0.3) is 10.8 Å². The Morgan fingerprint density at radius 1 is 1.21 bits per heavy atom. The van der Waals surface area contributed by atoms with Crippen LogP contribution in [0.3, 0.4) is 0 Å². The van der Waals surface area contributed by atoms with Gasteiger partial charge in [0.15, 0.2) is 17.5 Å². The summed E-state index contributed by atoms with van der Waals surface area (Å²) in [6.45, 7) is 3.28. The van der Waals surface area contributed by atoms with Crippen LogP contribution in [0.5, 0.6) is 5.75 Å². The summed E-state index contributed by atoms with van der Waals surface area (Å²) >= 11 is 0.976. The van der Waals surface area contributed by atoms with E-state index < -0.39 is 51.7 Å². The molecule has 0 unspecified atom stereocenters. The molecule has 254 valence electrons. The van der Waals surface area contributed by atoms with Gasteiger partial charge in [0.25, 0.3) is 11.8 Å². The number of carbonyl (C=O) groups is 3. The first-order valence-electron chi connectivity index (χ1n) is 13.3. The van der Waals surface area contributed by atoms with Crippen LogP contribution < -0.4 is 26.8 Å². The predicted octanol–water partition coefficient (Wildman–Crippen LogP) is 0.831. The smallest absolute Gasteiger partial charge is 0.490 e. The molecular weight excluding hydrogens is 677 g/mol. The number of nitrogens with zero attached hydrogens (tertiary/aromatic N) is 4. The van der Waals surface area contributed by atoms with E-state index in [0.717, 1.165) is 22.1 Å². The van der Waals surface area contributed by atoms with Crippen molar-refractivity contribution in [2.45, 2.75) is 31.6 Å². The first-order valence-corrected chi connectivity index (χ1v) is 15.5. The number of ether oxygens (including phenoxy) is 1. The van der Waals surface area contributed by atoms with E-state index in [4.69, 9.17) is 21.0 Å². The zero-order valence-corrected chi connectivity index (χ0v) is 26.1. The van der Waals surface area contributed by atoms with Gasteiger partial charge in [-0.3, -0.25) is 9.59 Å². The highest BCUT2D eigenvalue weighted by atomic mass is 32.3. The van der Waals surface area contributed by atoms with Crippen LogP contribution in [0.1, 0.15) is 19.5 Å². The third-order valence-electron chi connectivity index (χ3n) is 6.28. The topological polar surface area (TPSA) is 240 Å². The number of hydrogen-bond acceptors (Lipinski definition) is 16. The standard InChI is InChI=1S/C25H27F3N8O9S2/c1-24(2)18(21(38)36(24)45-47(40,41)44-22(39)25(26,27)28)34-20(37)17(16-12-46-23(30)33-16)35-43-10-9-42-14-3-4-15-13(11-14)5-7-31-19(15)32-8-6-29/h3-5,7,11-12,18H,6,8-10,29H2,1-2H3,(H2,30,33)(H,31,32)(H,34,37)/b35-17-/t18-/m1/s1. The van der Waals surface area contributed by atoms with E-state index in [1.165, 1.54) is 19.2 Å². The van der Waals surface area contributed by atoms with Crippen molar-refractivity contribution in [2.75, 3.05) is 37.4 Å². The number of nitrogens with two attached hydrogens (primary N) is 2. The SMILES string of the molecule is CC1(C)[C@H](NC(=O)/C(=N\OCCOc2ccc3c(NCCN)nccc3c2)c2csc(N)n2)C(=O)N1OS(=O)(=O)OC(=O)C(F)(F)F. The lowest BCUT2D eigenvalue weighted by Crippen LogP contribution is -2.77. The largest absolute Gasteiger partial charge is 0.492 e. The number of rotatable bonds is 14. The Labute approximate surface area is 268 Å². The van der Waals surface area contributed by atoms with Crippen molar-refractivity contribution in [3.8, 4) is 5.75 Å². The Hall–Kier alpha value is -4.80. The highest BCUT2D eigenvalue weighted by Gasteiger charge is 2.59. The van der Waals surface area contributed by atoms with Crippen molar-refractivity contribution >= 4 is 67.0 Å². The molecule has 2 amide bonds. The number of hydrogen-bond donors (Lipinski definition) is 4. The zero-order valence-electron chi connectivity index (χ0n) is 24.4. The molecule has 3 heterocycles. The fourth-order valence-corrected chi connectivity index (χ4v) is 5.36. The molecular formula is C25H27F3N8O9S2. The summed E-state index contributed by atoms with van der Waals surface area (Å²) in [4.78, 5) is 50.3. The van der Waals surface area contributed by atoms with E-state index in [1.54, 1.807) is 18.3 Å². The van der Waals surface area contributed by atoms with Gasteiger partial charge in [0.05, 0.1) is 5.54 Å². The van der Waals surface area contributed by atoms with Gasteiger partial charge in [0.2, 0.25) is 0 Å². The summed E-state index contributed by atoms with van der Waals surface area (Å²) in [7, 11) is -5.66. The van der Waals surface area contributed by atoms with E-state index in [0.29, 0.717) is 24.7 Å². The Morgan fingerprint density at radius 2 is 1.96 bits per heavy atom. The summed E-state index contributed by atoms with van der Waals surface area (Å²) in [5.74, 6) is -4.10. The number of anilines is 2. The molecule has 1 aliphatic rings. The number of aromatic nitrogens is 2. The monoisotopic (exact) mass is 704 g/mol. The molecule has 0 spiro atoms. The van der Waals surface area contributed by atoms with Gasteiger partial charge in [0.1, 0.15) is 29.9 Å². The Balaban J connectivity index is 1.38. The van der Waals surface area contributed by atoms with E-state index in [1.807, 2.05) is 12.1 Å². The second-order valence-electron chi connectivity index (χ2n) is 9.99. The fourth-order valence-electron chi connectivity index (χ4n) is 4.06. The number of benzene rings is 1. The molecule has 0 radical (unpaired) electrons. The number of amides is 2. The summed E-state index contributed by atoms with van der Waals surface area (Å²) in [6.07, 6.45) is -4.01. The Bertz CT molecular complexity index is 1800. The normalized spacial score (nSPS) is 16.4. The Morgan fingerprint density at radius 3 is 2.60 bits per heavy atom. The van der Waals surface area contributed by atoms with E-state index in [-0.39, 0.29) is 29.1 Å². The molecule has 3 aromatic rings. The molecule has 1 fully saturated rings. The molecule has 6 N–H and O–H groups in total. The molecule has 17 nitrogen and oxygen atoms in total. The second-order valence-corrected chi connectivity index (χ2v) is 12.0. The van der Waals surface area contributed by atoms with Crippen molar-refractivity contribution in [3.05, 3.63) is 41.5 Å². The molecule has 4 rings (SSSR count). The van der Waals surface area contributed by atoms with E-state index >= 15 is 0 Å². The van der Waals surface area contributed by atoms with Gasteiger partial charge in [-0.05, 0) is 43.5 Å². The maximum atomic E-state index is 13.2. The lowest BCUT2D eigenvalue weighted by atomic mass is 9.84. The van der Waals surface area contributed by atoms with Crippen molar-refractivity contribution in [2.24, 2.45) is 10.9 Å². The molecule has 22 heteroatoms. The van der Waals surface area contributed by atoms with Crippen LogP contribution in [0.4, 0.5) is 24.1 Å². The van der Waals surface area contributed by atoms with Gasteiger partial charge < -0.3 is 35.9 Å². The maximum absolute atomic E-state index is 13.2. The molecule has 0 aliphatic carbocycles. The van der Waals surface area contributed by atoms with Crippen LogP contribution in [0, 0.1) is 0 Å². The third-order valence-corrected chi connectivity index (χ3v) is 7.64. The van der Waals surface area contributed by atoms with Gasteiger partial charge in [-0.1, -0.05) is 5.16 Å². The lowest BCUT2D eigenvalue weighted by Gasteiger charge is -2.50. The third kappa shape index (κ3) is 8.33. The number of alkyl halides is 3. The number of β-lactam (4-membered cyclic amide) rings is 1. The highest BCUT2D eigenvalue weighted by molar-refractivity contribution is 7.82. The summed E-state index contributed by atoms with van der Waals surface area (Å²) < 4.78 is 74.1. The molecule has 1 atom stereocenters. The second kappa shape index (κ2) is 13.9. The van der Waals surface area contributed by atoms with Crippen molar-refractivity contribution in [3.63, 3.8) is 0 Å². The highest BCUT2D eigenvalue weighted by Crippen LogP contribution is 2.34. The fraction of sp³-hybridized carbons (Fsp3) is 0.360. The van der Waals surface area contributed by atoms with Crippen LogP contribution in [-0.4, -0.2) is 91.0 Å². The van der Waals surface area contributed by atoms with Crippen molar-refractivity contribution < 1.29 is 54.0 Å². The number of nitrogens with one attached hydrogen (secondary N) is 2. The predicted molar refractivity (Wildman–Crippen MR) is 159 cm³/mol. The minimum absolute atomic E-state index is 0.000299. The van der Waals surface area contributed by atoms with Crippen molar-refractivity contribution in [1.29, 1.82) is 0 Å². The summed E-state index contributed by atoms with van der Waals surface area (Å²) in [5, 5.41) is 12.6. The number of hydroxylamine groups is 2. The number of nitrogen functional groups attached to an aromatic ring is 1. The Kier molecular flexibility index (Phi) is 10.4. The van der Waals surface area contributed by atoms with Crippen LogP contribution >= 0.6 is 11.3 Å². The van der Waals surface area contributed by atoms with Gasteiger partial charge in [-0.15, -0.1) is 15.6 Å². The molecule has 1 saturated heterocycles. The molecule has 1 aromatic carbocycles. The van der Waals surface area contributed by atoms with Gasteiger partial charge >= 0.3 is 22.5 Å². The van der Waals surface area contributed by atoms with Gasteiger partial charge in [-0.25, -0.2) is 14.8 Å². The molecule has 1 aliphatic heterocycles. The maximum Gasteiger partial charge on any atom is 0.492 e. The number of pyridine rings is 1.